The monoisotopic (exact) mass is 457 g/mol. The van der Waals surface area contributed by atoms with E-state index in [9.17, 15) is 18.4 Å². The SMILES string of the molecule is CCc1cc(Cl)cc(NC(=O)[NH+]([O-])S(=O)(=O)N(c2cnn(C)c2)C2CCOCC2)c1. The molecule has 1 aliphatic rings. The molecule has 2 N–H and O–H groups in total. The number of carbonyl (C=O) groups excluding carboxylic acids is 1. The summed E-state index contributed by atoms with van der Waals surface area (Å²) in [5.74, 6) is 0. The Morgan fingerprint density at radius 2 is 2.10 bits per heavy atom. The molecule has 30 heavy (non-hydrogen) atoms. The molecule has 12 heteroatoms. The van der Waals surface area contributed by atoms with E-state index in [0.717, 1.165) is 9.87 Å². The summed E-state index contributed by atoms with van der Waals surface area (Å²) in [6.45, 7) is 2.63. The zero-order valence-corrected chi connectivity index (χ0v) is 18.2. The number of hydrogen-bond donors (Lipinski definition) is 2. The highest BCUT2D eigenvalue weighted by molar-refractivity contribution is 7.86. The maximum atomic E-state index is 13.2. The van der Waals surface area contributed by atoms with Gasteiger partial charge in [-0.25, -0.2) is 9.10 Å². The van der Waals surface area contributed by atoms with Crippen molar-refractivity contribution in [2.45, 2.75) is 32.2 Å². The number of amides is 2. The number of aryl methyl sites for hydroxylation is 2. The fourth-order valence-electron chi connectivity index (χ4n) is 3.30. The van der Waals surface area contributed by atoms with Crippen molar-refractivity contribution in [3.63, 3.8) is 0 Å². The van der Waals surface area contributed by atoms with Crippen LogP contribution in [-0.4, -0.2) is 43.5 Å². The summed E-state index contributed by atoms with van der Waals surface area (Å²) in [7, 11) is -3.01. The summed E-state index contributed by atoms with van der Waals surface area (Å²) in [4.78, 5) is 12.5. The predicted octanol–water partition coefficient (Wildman–Crippen LogP) is 1.48. The summed E-state index contributed by atoms with van der Waals surface area (Å²) in [5, 5.41) is 19.5. The van der Waals surface area contributed by atoms with Crippen LogP contribution in [0.15, 0.2) is 30.6 Å². The molecule has 3 rings (SSSR count). The van der Waals surface area contributed by atoms with Crippen LogP contribution in [0, 0.1) is 5.21 Å². The van der Waals surface area contributed by atoms with Gasteiger partial charge < -0.3 is 9.94 Å². The molecule has 0 aliphatic carbocycles. The van der Waals surface area contributed by atoms with Crippen molar-refractivity contribution in [2.24, 2.45) is 7.05 Å². The average Bonchev–Trinajstić information content (AvgIpc) is 3.13. The number of aromatic nitrogens is 2. The van der Waals surface area contributed by atoms with Gasteiger partial charge in [0.2, 0.25) is 0 Å². The van der Waals surface area contributed by atoms with E-state index >= 15 is 0 Å². The molecule has 1 fully saturated rings. The molecule has 1 atom stereocenters. The highest BCUT2D eigenvalue weighted by Crippen LogP contribution is 2.24. The Kier molecular flexibility index (Phi) is 6.98. The molecule has 0 radical (unpaired) electrons. The molecule has 1 saturated heterocycles. The van der Waals surface area contributed by atoms with Crippen LogP contribution < -0.4 is 14.1 Å². The Hall–Kier alpha value is -2.18. The Morgan fingerprint density at radius 1 is 1.40 bits per heavy atom. The molecule has 0 saturated carbocycles. The van der Waals surface area contributed by atoms with E-state index in [1.807, 2.05) is 6.92 Å². The van der Waals surface area contributed by atoms with Gasteiger partial charge in [-0.15, -0.1) is 0 Å². The predicted molar refractivity (Wildman–Crippen MR) is 113 cm³/mol. The second-order valence-electron chi connectivity index (χ2n) is 6.96. The minimum absolute atomic E-state index is 0.224. The molecule has 0 spiro atoms. The van der Waals surface area contributed by atoms with Crippen LogP contribution in [-0.2, 0) is 28.4 Å². The maximum Gasteiger partial charge on any atom is 0.436 e. The normalized spacial score (nSPS) is 16.3. The number of ether oxygens (including phenoxy) is 1. The number of halogens is 1. The second kappa shape index (κ2) is 9.31. The molecule has 1 unspecified atom stereocenters. The summed E-state index contributed by atoms with van der Waals surface area (Å²) < 4.78 is 32.5. The van der Waals surface area contributed by atoms with E-state index in [2.05, 4.69) is 10.4 Å². The number of nitrogens with zero attached hydrogens (tertiary/aromatic N) is 3. The van der Waals surface area contributed by atoms with Crippen LogP contribution in [0.25, 0.3) is 0 Å². The number of urea groups is 1. The number of rotatable bonds is 6. The van der Waals surface area contributed by atoms with E-state index in [4.69, 9.17) is 16.3 Å². The van der Waals surface area contributed by atoms with Crippen LogP contribution in [0.2, 0.25) is 5.02 Å². The lowest BCUT2D eigenvalue weighted by Gasteiger charge is -2.35. The topological polar surface area (TPSA) is 121 Å². The fourth-order valence-corrected chi connectivity index (χ4v) is 5.00. The standard InChI is InChI=1S/C18H24ClN5O5S/c1-3-13-8-14(19)10-15(9-13)21-18(25)24(26)30(27,28)23(16-4-6-29-7-5-16)17-11-20-22(2)12-17/h8-12,16,24H,3-7H2,1-2H3,(H,21,25). The van der Waals surface area contributed by atoms with Gasteiger partial charge in [0, 0.05) is 37.2 Å². The van der Waals surface area contributed by atoms with Gasteiger partial charge in [0.25, 0.3) is 0 Å². The first kappa shape index (κ1) is 22.5. The van der Waals surface area contributed by atoms with Gasteiger partial charge in [0.1, 0.15) is 0 Å². The lowest BCUT2D eigenvalue weighted by atomic mass is 10.1. The van der Waals surface area contributed by atoms with Crippen molar-refractivity contribution >= 4 is 39.2 Å². The summed E-state index contributed by atoms with van der Waals surface area (Å²) >= 11 is 6.03. The minimum Gasteiger partial charge on any atom is -0.608 e. The van der Waals surface area contributed by atoms with Gasteiger partial charge in [0.05, 0.1) is 17.9 Å². The van der Waals surface area contributed by atoms with Gasteiger partial charge in [-0.3, -0.25) is 10.00 Å². The Morgan fingerprint density at radius 3 is 2.70 bits per heavy atom. The van der Waals surface area contributed by atoms with E-state index in [0.29, 0.717) is 37.5 Å². The van der Waals surface area contributed by atoms with E-state index in [-0.39, 0.29) is 11.4 Å². The van der Waals surface area contributed by atoms with Crippen molar-refractivity contribution in [1.82, 2.24) is 9.78 Å². The first-order valence-electron chi connectivity index (χ1n) is 9.48. The zero-order valence-electron chi connectivity index (χ0n) is 16.7. The Bertz CT molecular complexity index is 1010. The molecule has 2 amide bonds. The highest BCUT2D eigenvalue weighted by Gasteiger charge is 2.40. The largest absolute Gasteiger partial charge is 0.608 e. The summed E-state index contributed by atoms with van der Waals surface area (Å²) in [6.07, 6.45) is 4.30. The van der Waals surface area contributed by atoms with Gasteiger partial charge >= 0.3 is 16.2 Å². The van der Waals surface area contributed by atoms with Crippen molar-refractivity contribution in [3.8, 4) is 0 Å². The van der Waals surface area contributed by atoms with E-state index < -0.39 is 26.8 Å². The number of hydroxylamine groups is 1. The van der Waals surface area contributed by atoms with Gasteiger partial charge in [-0.2, -0.15) is 18.0 Å². The molecule has 2 heterocycles. The Labute approximate surface area is 180 Å². The summed E-state index contributed by atoms with van der Waals surface area (Å²) in [5.41, 5.74) is 1.32. The van der Waals surface area contributed by atoms with Crippen LogP contribution in [0.4, 0.5) is 16.2 Å². The molecule has 10 nitrogen and oxygen atoms in total. The Balaban J connectivity index is 1.88. The number of hydrogen-bond acceptors (Lipinski definition) is 6. The lowest BCUT2D eigenvalue weighted by molar-refractivity contribution is -0.604. The summed E-state index contributed by atoms with van der Waals surface area (Å²) in [6, 6.07) is 3.06. The first-order chi connectivity index (χ1) is 14.2. The molecular weight excluding hydrogens is 434 g/mol. The molecule has 0 bridgehead atoms. The van der Waals surface area contributed by atoms with Gasteiger partial charge in [0.15, 0.2) is 0 Å². The quantitative estimate of drug-likeness (QED) is 0.634. The fraction of sp³-hybridized carbons (Fsp3) is 0.444. The number of quaternary nitrogens is 1. The van der Waals surface area contributed by atoms with Crippen LogP contribution >= 0.6 is 11.6 Å². The lowest BCUT2D eigenvalue weighted by Crippen LogP contribution is -3.14. The van der Waals surface area contributed by atoms with Crippen molar-refractivity contribution < 1.29 is 22.4 Å². The molecule has 1 aromatic carbocycles. The van der Waals surface area contributed by atoms with Gasteiger partial charge in [-0.1, -0.05) is 18.5 Å². The number of anilines is 2. The maximum absolute atomic E-state index is 13.2. The molecule has 1 aliphatic heterocycles. The second-order valence-corrected chi connectivity index (χ2v) is 9.11. The van der Waals surface area contributed by atoms with Crippen LogP contribution in [0.5, 0.6) is 0 Å². The van der Waals surface area contributed by atoms with E-state index in [1.54, 1.807) is 19.2 Å². The third-order valence-corrected chi connectivity index (χ3v) is 6.67. The van der Waals surface area contributed by atoms with Crippen molar-refractivity contribution in [1.29, 1.82) is 0 Å². The number of benzene rings is 1. The molecule has 164 valence electrons. The molecule has 2 aromatic rings. The van der Waals surface area contributed by atoms with Crippen molar-refractivity contribution in [2.75, 3.05) is 22.8 Å². The number of carbonyl (C=O) groups is 1. The molecule has 1 aromatic heterocycles. The highest BCUT2D eigenvalue weighted by atomic mass is 35.5. The van der Waals surface area contributed by atoms with Crippen molar-refractivity contribution in [3.05, 3.63) is 46.4 Å². The zero-order chi connectivity index (χ0) is 21.9. The average molecular weight is 458 g/mol. The number of nitrogens with one attached hydrogen (secondary N) is 2. The third-order valence-electron chi connectivity index (χ3n) is 4.77. The van der Waals surface area contributed by atoms with E-state index in [1.165, 1.54) is 23.1 Å². The first-order valence-corrected chi connectivity index (χ1v) is 11.3. The van der Waals surface area contributed by atoms with Crippen LogP contribution in [0.1, 0.15) is 25.3 Å². The smallest absolute Gasteiger partial charge is 0.436 e. The third kappa shape index (κ3) is 4.93. The minimum atomic E-state index is -4.65. The molecular formula is C18H24ClN5O5S. The van der Waals surface area contributed by atoms with Crippen LogP contribution in [0.3, 0.4) is 0 Å². The van der Waals surface area contributed by atoms with Gasteiger partial charge in [-0.05, 0) is 43.0 Å².